The van der Waals surface area contributed by atoms with E-state index in [9.17, 15) is 0 Å². The molecule has 1 rings (SSSR count). The van der Waals surface area contributed by atoms with Gasteiger partial charge in [-0.1, -0.05) is 26.0 Å². The molecule has 1 aromatic carbocycles. The summed E-state index contributed by atoms with van der Waals surface area (Å²) in [5.74, 6) is 0. The van der Waals surface area contributed by atoms with Crippen LogP contribution in [0.15, 0.2) is 29.2 Å². The van der Waals surface area contributed by atoms with Gasteiger partial charge < -0.3 is 0 Å². The molecule has 0 aromatic heterocycles. The summed E-state index contributed by atoms with van der Waals surface area (Å²) in [7, 11) is 0. The first-order chi connectivity index (χ1) is 6.72. The van der Waals surface area contributed by atoms with E-state index >= 15 is 0 Å². The second-order valence-corrected chi connectivity index (χ2v) is 5.29. The van der Waals surface area contributed by atoms with Crippen molar-refractivity contribution in [2.24, 2.45) is 0 Å². The van der Waals surface area contributed by atoms with Gasteiger partial charge in [0.1, 0.15) is 0 Å². The number of halogens is 1. The Morgan fingerprint density at radius 1 is 1.29 bits per heavy atom. The van der Waals surface area contributed by atoms with Crippen LogP contribution in [0.2, 0.25) is 0 Å². The van der Waals surface area contributed by atoms with Crippen molar-refractivity contribution in [3.8, 4) is 0 Å². The molecular formula is C11H16ClNS. The van der Waals surface area contributed by atoms with E-state index in [0.717, 1.165) is 6.54 Å². The van der Waals surface area contributed by atoms with Crippen LogP contribution in [0, 0.1) is 0 Å². The fourth-order valence-electron chi connectivity index (χ4n) is 1.15. The third-order valence-corrected chi connectivity index (χ3v) is 2.92. The Kier molecular flexibility index (Phi) is 5.38. The monoisotopic (exact) mass is 229 g/mol. The lowest BCUT2D eigenvalue weighted by Gasteiger charge is -2.06. The van der Waals surface area contributed by atoms with Crippen molar-refractivity contribution in [3.63, 3.8) is 0 Å². The van der Waals surface area contributed by atoms with E-state index in [1.807, 2.05) is 11.8 Å². The molecule has 0 saturated carbocycles. The predicted octanol–water partition coefficient (Wildman–Crippen LogP) is 3.47. The number of hydrogen-bond acceptors (Lipinski definition) is 2. The molecular weight excluding hydrogens is 214 g/mol. The maximum absolute atomic E-state index is 5.54. The zero-order valence-corrected chi connectivity index (χ0v) is 10.2. The van der Waals surface area contributed by atoms with Gasteiger partial charge in [-0.25, -0.2) is 0 Å². The van der Waals surface area contributed by atoms with E-state index in [2.05, 4.69) is 43.4 Å². The first-order valence-electron chi connectivity index (χ1n) is 4.74. The molecule has 0 saturated heterocycles. The molecule has 1 aromatic rings. The Balaban J connectivity index is 2.50. The molecule has 0 amide bonds. The molecule has 0 spiro atoms. The summed E-state index contributed by atoms with van der Waals surface area (Å²) < 4.78 is 0. The van der Waals surface area contributed by atoms with Gasteiger partial charge in [-0.3, -0.25) is 5.32 Å². The fraction of sp³-hybridized carbons (Fsp3) is 0.455. The lowest BCUT2D eigenvalue weighted by Crippen LogP contribution is -2.09. The van der Waals surface area contributed by atoms with Crippen molar-refractivity contribution in [1.29, 1.82) is 0 Å². The third kappa shape index (κ3) is 4.36. The highest BCUT2D eigenvalue weighted by Crippen LogP contribution is 2.22. The maximum atomic E-state index is 5.54. The molecule has 0 aliphatic rings. The maximum Gasteiger partial charge on any atom is 0.0716 e. The molecule has 0 radical (unpaired) electrons. The number of nitrogens with one attached hydrogen (secondary N) is 1. The van der Waals surface area contributed by atoms with Crippen molar-refractivity contribution >= 4 is 23.4 Å². The van der Waals surface area contributed by atoms with Crippen LogP contribution >= 0.6 is 23.4 Å². The first kappa shape index (κ1) is 11.9. The molecule has 14 heavy (non-hydrogen) atoms. The van der Waals surface area contributed by atoms with Crippen LogP contribution in [0.25, 0.3) is 0 Å². The van der Waals surface area contributed by atoms with E-state index in [4.69, 9.17) is 11.6 Å². The van der Waals surface area contributed by atoms with Crippen LogP contribution in [0.4, 0.5) is 0 Å². The van der Waals surface area contributed by atoms with Crippen molar-refractivity contribution < 1.29 is 0 Å². The summed E-state index contributed by atoms with van der Waals surface area (Å²) in [6.07, 6.45) is 0. The lowest BCUT2D eigenvalue weighted by atomic mass is 10.2. The second-order valence-electron chi connectivity index (χ2n) is 3.37. The molecule has 78 valence electrons. The van der Waals surface area contributed by atoms with Crippen molar-refractivity contribution in [2.45, 2.75) is 30.5 Å². The Morgan fingerprint density at radius 2 is 1.93 bits per heavy atom. The van der Waals surface area contributed by atoms with Gasteiger partial charge in [0, 0.05) is 16.7 Å². The van der Waals surface area contributed by atoms with Gasteiger partial charge in [0.25, 0.3) is 0 Å². The third-order valence-electron chi connectivity index (χ3n) is 1.72. The average Bonchev–Trinajstić information content (AvgIpc) is 2.16. The van der Waals surface area contributed by atoms with E-state index in [-0.39, 0.29) is 0 Å². The molecule has 0 aliphatic carbocycles. The molecule has 0 heterocycles. The summed E-state index contributed by atoms with van der Waals surface area (Å²) in [5.41, 5.74) is 1.28. The standard InChI is InChI=1S/C11H16ClNS/c1-9(2)14-11-5-3-10(4-6-11)7-13-8-12/h3-6,9,13H,7-8H2,1-2H3. The SMILES string of the molecule is CC(C)Sc1ccc(CNCCl)cc1. The number of alkyl halides is 1. The number of hydrogen-bond donors (Lipinski definition) is 1. The zero-order valence-electron chi connectivity index (χ0n) is 8.59. The second kappa shape index (κ2) is 6.33. The van der Waals surface area contributed by atoms with Crippen LogP contribution in [0.5, 0.6) is 0 Å². The van der Waals surface area contributed by atoms with E-state index in [1.54, 1.807) is 0 Å². The van der Waals surface area contributed by atoms with Gasteiger partial charge in [0.2, 0.25) is 0 Å². The summed E-state index contributed by atoms with van der Waals surface area (Å²) in [4.78, 5) is 1.33. The predicted molar refractivity (Wildman–Crippen MR) is 65.0 cm³/mol. The number of thioether (sulfide) groups is 1. The lowest BCUT2D eigenvalue weighted by molar-refractivity contribution is 0.790. The van der Waals surface area contributed by atoms with Gasteiger partial charge in [-0.2, -0.15) is 0 Å². The Morgan fingerprint density at radius 3 is 2.43 bits per heavy atom. The van der Waals surface area contributed by atoms with Gasteiger partial charge in [0.05, 0.1) is 6.00 Å². The van der Waals surface area contributed by atoms with Crippen LogP contribution in [0.1, 0.15) is 19.4 Å². The average molecular weight is 230 g/mol. The highest BCUT2D eigenvalue weighted by molar-refractivity contribution is 7.99. The summed E-state index contributed by atoms with van der Waals surface area (Å²) in [6.45, 7) is 5.25. The molecule has 0 atom stereocenters. The minimum absolute atomic E-state index is 0.502. The summed E-state index contributed by atoms with van der Waals surface area (Å²) in [6, 6.07) is 9.11. The van der Waals surface area contributed by atoms with Crippen molar-refractivity contribution in [1.82, 2.24) is 5.32 Å². The quantitative estimate of drug-likeness (QED) is 0.472. The minimum atomic E-state index is 0.502. The topological polar surface area (TPSA) is 12.0 Å². The molecule has 0 aliphatic heterocycles. The Bertz CT molecular complexity index is 258. The van der Waals surface area contributed by atoms with Gasteiger partial charge >= 0.3 is 0 Å². The Labute approximate surface area is 95.2 Å². The Hall–Kier alpha value is -0.180. The summed E-state index contributed by atoms with van der Waals surface area (Å²) >= 11 is 7.42. The van der Waals surface area contributed by atoms with E-state index in [1.165, 1.54) is 10.5 Å². The highest BCUT2D eigenvalue weighted by Gasteiger charge is 1.98. The minimum Gasteiger partial charge on any atom is -0.300 e. The smallest absolute Gasteiger partial charge is 0.0716 e. The van der Waals surface area contributed by atoms with Gasteiger partial charge in [-0.05, 0) is 17.7 Å². The van der Waals surface area contributed by atoms with Crippen LogP contribution in [0.3, 0.4) is 0 Å². The molecule has 0 unspecified atom stereocenters. The first-order valence-corrected chi connectivity index (χ1v) is 6.16. The molecule has 1 N–H and O–H groups in total. The normalized spacial score (nSPS) is 10.9. The van der Waals surface area contributed by atoms with Crippen LogP contribution in [-0.2, 0) is 6.54 Å². The van der Waals surface area contributed by atoms with Crippen molar-refractivity contribution in [3.05, 3.63) is 29.8 Å². The number of benzene rings is 1. The highest BCUT2D eigenvalue weighted by atomic mass is 35.5. The largest absolute Gasteiger partial charge is 0.300 e. The van der Waals surface area contributed by atoms with E-state index in [0.29, 0.717) is 11.3 Å². The van der Waals surface area contributed by atoms with Crippen molar-refractivity contribution in [2.75, 3.05) is 6.00 Å². The molecule has 1 nitrogen and oxygen atoms in total. The van der Waals surface area contributed by atoms with Crippen LogP contribution < -0.4 is 5.32 Å². The molecule has 3 heteroatoms. The van der Waals surface area contributed by atoms with E-state index < -0.39 is 0 Å². The molecule has 0 fully saturated rings. The molecule has 0 bridgehead atoms. The van der Waals surface area contributed by atoms with Crippen LogP contribution in [-0.4, -0.2) is 11.3 Å². The zero-order chi connectivity index (χ0) is 10.4. The summed E-state index contributed by atoms with van der Waals surface area (Å²) in [5, 5.41) is 3.72. The fourth-order valence-corrected chi connectivity index (χ4v) is 2.08. The van der Waals surface area contributed by atoms with Gasteiger partial charge in [-0.15, -0.1) is 23.4 Å². The van der Waals surface area contributed by atoms with Gasteiger partial charge in [0.15, 0.2) is 0 Å². The number of rotatable bonds is 5.